The lowest BCUT2D eigenvalue weighted by molar-refractivity contribution is -0.133. The van der Waals surface area contributed by atoms with E-state index in [0.717, 1.165) is 44.0 Å². The molecule has 0 radical (unpaired) electrons. The second-order valence-corrected chi connectivity index (χ2v) is 8.12. The lowest BCUT2D eigenvalue weighted by Crippen LogP contribution is -2.46. The highest BCUT2D eigenvalue weighted by atomic mass is 32.2. The van der Waals surface area contributed by atoms with Crippen molar-refractivity contribution in [3.8, 4) is 0 Å². The monoisotopic (exact) mass is 312 g/mol. The largest absolute Gasteiger partial charge is 0.338 e. The zero-order chi connectivity index (χ0) is 15.1. The lowest BCUT2D eigenvalue weighted by Gasteiger charge is -2.32. The van der Waals surface area contributed by atoms with Gasteiger partial charge >= 0.3 is 0 Å². The summed E-state index contributed by atoms with van der Waals surface area (Å²) in [6.45, 7) is 1.97. The lowest BCUT2D eigenvalue weighted by atomic mass is 9.86. The zero-order valence-electron chi connectivity index (χ0n) is 13.9. The predicted molar refractivity (Wildman–Crippen MR) is 91.8 cm³/mol. The Kier molecular flexibility index (Phi) is 7.38. The summed E-state index contributed by atoms with van der Waals surface area (Å²) in [5.74, 6) is 3.54. The van der Waals surface area contributed by atoms with E-state index in [2.05, 4.69) is 23.9 Å². The normalized spacial score (nSPS) is 25.1. The fourth-order valence-corrected chi connectivity index (χ4v) is 4.73. The number of likely N-dealkylation sites (N-methyl/N-ethyl adjacent to an activating group) is 1. The Morgan fingerprint density at radius 3 is 2.67 bits per heavy atom. The van der Waals surface area contributed by atoms with Crippen LogP contribution >= 0.6 is 11.8 Å². The Morgan fingerprint density at radius 1 is 1.19 bits per heavy atom. The van der Waals surface area contributed by atoms with Crippen molar-refractivity contribution in [2.75, 3.05) is 38.7 Å². The van der Waals surface area contributed by atoms with E-state index in [0.29, 0.717) is 11.9 Å². The van der Waals surface area contributed by atoms with Crippen LogP contribution in [-0.4, -0.2) is 60.4 Å². The molecule has 21 heavy (non-hydrogen) atoms. The molecule has 122 valence electrons. The summed E-state index contributed by atoms with van der Waals surface area (Å²) >= 11 is 2.01. The molecule has 1 aliphatic carbocycles. The van der Waals surface area contributed by atoms with Gasteiger partial charge in [0, 0.05) is 25.3 Å². The average Bonchev–Trinajstić information content (AvgIpc) is 2.71. The fraction of sp³-hybridized carbons (Fsp3) is 0.941. The number of nitrogens with zero attached hydrogens (tertiary/aromatic N) is 2. The molecule has 1 unspecified atom stereocenters. The maximum absolute atomic E-state index is 12.7. The van der Waals surface area contributed by atoms with E-state index < -0.39 is 0 Å². The van der Waals surface area contributed by atoms with Crippen LogP contribution in [0.15, 0.2) is 0 Å². The first-order valence-electron chi connectivity index (χ1n) is 8.68. The van der Waals surface area contributed by atoms with Crippen molar-refractivity contribution in [3.63, 3.8) is 0 Å². The van der Waals surface area contributed by atoms with Gasteiger partial charge in [-0.05, 0) is 38.6 Å². The van der Waals surface area contributed by atoms with Crippen LogP contribution in [0.2, 0.25) is 0 Å². The predicted octanol–water partition coefficient (Wildman–Crippen LogP) is 3.24. The first-order valence-corrected chi connectivity index (χ1v) is 9.84. The summed E-state index contributed by atoms with van der Waals surface area (Å²) in [7, 11) is 4.22. The minimum absolute atomic E-state index is 0.409. The third kappa shape index (κ3) is 5.82. The van der Waals surface area contributed by atoms with E-state index in [-0.39, 0.29) is 0 Å². The first-order chi connectivity index (χ1) is 10.2. The number of carbonyl (C=O) groups excluding carboxylic acids is 1. The molecule has 1 heterocycles. The van der Waals surface area contributed by atoms with Gasteiger partial charge < -0.3 is 9.80 Å². The zero-order valence-corrected chi connectivity index (χ0v) is 14.7. The average molecular weight is 313 g/mol. The van der Waals surface area contributed by atoms with Crippen molar-refractivity contribution in [1.82, 2.24) is 9.80 Å². The Labute approximate surface area is 134 Å². The number of hydrogen-bond acceptors (Lipinski definition) is 3. The molecule has 2 aliphatic rings. The van der Waals surface area contributed by atoms with Crippen molar-refractivity contribution in [1.29, 1.82) is 0 Å². The molecule has 2 fully saturated rings. The summed E-state index contributed by atoms with van der Waals surface area (Å²) < 4.78 is 0. The summed E-state index contributed by atoms with van der Waals surface area (Å²) in [5.41, 5.74) is 0. The summed E-state index contributed by atoms with van der Waals surface area (Å²) in [5, 5.41) is 0. The molecule has 0 aromatic carbocycles. The standard InChI is InChI=1S/C17H32N2OS/c1-18(2)13-16-14-21-12-6-11-19(16)17(20)10-9-15-7-4-3-5-8-15/h15-16H,3-14H2,1-2H3. The van der Waals surface area contributed by atoms with Gasteiger partial charge in [-0.3, -0.25) is 4.79 Å². The number of amides is 1. The van der Waals surface area contributed by atoms with Gasteiger partial charge in [-0.25, -0.2) is 0 Å². The SMILES string of the molecule is CN(C)CC1CSCCCN1C(=O)CCC1CCCCC1. The Hall–Kier alpha value is -0.220. The molecule has 0 aromatic rings. The van der Waals surface area contributed by atoms with Crippen LogP contribution in [0.4, 0.5) is 0 Å². The van der Waals surface area contributed by atoms with Crippen LogP contribution < -0.4 is 0 Å². The van der Waals surface area contributed by atoms with Crippen molar-refractivity contribution in [2.24, 2.45) is 5.92 Å². The molecule has 1 saturated heterocycles. The second-order valence-electron chi connectivity index (χ2n) is 6.97. The molecule has 2 rings (SSSR count). The molecular formula is C17H32N2OS. The van der Waals surface area contributed by atoms with Crippen LogP contribution in [0.3, 0.4) is 0 Å². The topological polar surface area (TPSA) is 23.6 Å². The Balaban J connectivity index is 1.84. The fourth-order valence-electron chi connectivity index (χ4n) is 3.68. The minimum atomic E-state index is 0.409. The van der Waals surface area contributed by atoms with E-state index in [1.54, 1.807) is 0 Å². The maximum Gasteiger partial charge on any atom is 0.222 e. The number of thioether (sulfide) groups is 1. The smallest absolute Gasteiger partial charge is 0.222 e. The van der Waals surface area contributed by atoms with Gasteiger partial charge in [0.25, 0.3) is 0 Å². The van der Waals surface area contributed by atoms with Crippen LogP contribution in [0.25, 0.3) is 0 Å². The van der Waals surface area contributed by atoms with Crippen molar-refractivity contribution in [3.05, 3.63) is 0 Å². The quantitative estimate of drug-likeness (QED) is 0.778. The van der Waals surface area contributed by atoms with Crippen LogP contribution in [0.1, 0.15) is 51.4 Å². The Bertz CT molecular complexity index is 316. The van der Waals surface area contributed by atoms with E-state index in [9.17, 15) is 4.79 Å². The van der Waals surface area contributed by atoms with Crippen molar-refractivity contribution >= 4 is 17.7 Å². The molecular weight excluding hydrogens is 280 g/mol. The van der Waals surface area contributed by atoms with Gasteiger partial charge in [0.15, 0.2) is 0 Å². The van der Waals surface area contributed by atoms with Crippen LogP contribution in [-0.2, 0) is 4.79 Å². The third-order valence-corrected chi connectivity index (χ3v) is 6.02. The van der Waals surface area contributed by atoms with Crippen molar-refractivity contribution < 1.29 is 4.79 Å². The van der Waals surface area contributed by atoms with E-state index in [1.165, 1.54) is 37.9 Å². The van der Waals surface area contributed by atoms with E-state index in [4.69, 9.17) is 0 Å². The molecule has 0 spiro atoms. The minimum Gasteiger partial charge on any atom is -0.338 e. The molecule has 0 N–H and O–H groups in total. The number of rotatable bonds is 5. The summed E-state index contributed by atoms with van der Waals surface area (Å²) in [4.78, 5) is 17.1. The molecule has 4 heteroatoms. The van der Waals surface area contributed by atoms with E-state index >= 15 is 0 Å². The van der Waals surface area contributed by atoms with Gasteiger partial charge in [0.2, 0.25) is 5.91 Å². The molecule has 0 bridgehead atoms. The third-order valence-electron chi connectivity index (χ3n) is 4.83. The highest BCUT2D eigenvalue weighted by molar-refractivity contribution is 7.99. The van der Waals surface area contributed by atoms with Crippen LogP contribution in [0.5, 0.6) is 0 Å². The summed E-state index contributed by atoms with van der Waals surface area (Å²) in [6, 6.07) is 0.409. The number of carbonyl (C=O) groups is 1. The van der Waals surface area contributed by atoms with Crippen LogP contribution in [0, 0.1) is 5.92 Å². The maximum atomic E-state index is 12.7. The molecule has 0 aromatic heterocycles. The first kappa shape index (κ1) is 17.1. The van der Waals surface area contributed by atoms with E-state index in [1.807, 2.05) is 11.8 Å². The second kappa shape index (κ2) is 9.04. The van der Waals surface area contributed by atoms with Gasteiger partial charge in [0.05, 0.1) is 6.04 Å². The highest BCUT2D eigenvalue weighted by Gasteiger charge is 2.26. The molecule has 3 nitrogen and oxygen atoms in total. The molecule has 1 amide bonds. The van der Waals surface area contributed by atoms with Gasteiger partial charge in [-0.15, -0.1) is 0 Å². The van der Waals surface area contributed by atoms with Gasteiger partial charge in [-0.1, -0.05) is 32.1 Å². The van der Waals surface area contributed by atoms with Gasteiger partial charge in [0.1, 0.15) is 0 Å². The Morgan fingerprint density at radius 2 is 1.95 bits per heavy atom. The molecule has 1 aliphatic heterocycles. The highest BCUT2D eigenvalue weighted by Crippen LogP contribution is 2.28. The van der Waals surface area contributed by atoms with Crippen molar-refractivity contribution in [2.45, 2.75) is 57.4 Å². The molecule has 1 saturated carbocycles. The number of hydrogen-bond donors (Lipinski definition) is 0. The molecule has 1 atom stereocenters. The summed E-state index contributed by atoms with van der Waals surface area (Å²) in [6.07, 6.45) is 9.92. The van der Waals surface area contributed by atoms with Gasteiger partial charge in [-0.2, -0.15) is 11.8 Å².